The number of benzene rings is 3. The van der Waals surface area contributed by atoms with Crippen LogP contribution in [0, 0.1) is 5.82 Å². The summed E-state index contributed by atoms with van der Waals surface area (Å²) in [6.07, 6.45) is 1.99. The average Bonchev–Trinajstić information content (AvgIpc) is 2.92. The van der Waals surface area contributed by atoms with E-state index in [0.29, 0.717) is 0 Å². The molecule has 4 rings (SSSR count). The molecule has 96 valence electrons. The Balaban J connectivity index is 2.09. The normalized spacial score (nSPS) is 11.2. The van der Waals surface area contributed by atoms with Gasteiger partial charge in [0.15, 0.2) is 0 Å². The second kappa shape index (κ2) is 4.20. The average molecular weight is 261 g/mol. The van der Waals surface area contributed by atoms with Crippen LogP contribution >= 0.6 is 0 Å². The maximum atomic E-state index is 13.1. The van der Waals surface area contributed by atoms with Crippen molar-refractivity contribution in [2.45, 2.75) is 0 Å². The largest absolute Gasteiger partial charge is 0.361 e. The lowest BCUT2D eigenvalue weighted by Crippen LogP contribution is -1.79. The summed E-state index contributed by atoms with van der Waals surface area (Å²) in [6.45, 7) is 0. The number of hydrogen-bond acceptors (Lipinski definition) is 0. The van der Waals surface area contributed by atoms with Crippen LogP contribution in [0.15, 0.2) is 66.9 Å². The zero-order valence-corrected chi connectivity index (χ0v) is 10.7. The van der Waals surface area contributed by atoms with Gasteiger partial charge in [-0.05, 0) is 34.5 Å². The van der Waals surface area contributed by atoms with Gasteiger partial charge in [0.2, 0.25) is 0 Å². The van der Waals surface area contributed by atoms with E-state index in [-0.39, 0.29) is 5.82 Å². The minimum Gasteiger partial charge on any atom is -0.361 e. The predicted molar refractivity (Wildman–Crippen MR) is 81.2 cm³/mol. The molecule has 0 aliphatic heterocycles. The van der Waals surface area contributed by atoms with E-state index in [0.717, 1.165) is 16.6 Å². The lowest BCUT2D eigenvalue weighted by Gasteiger charge is -2.04. The molecule has 0 bridgehead atoms. The first-order valence-corrected chi connectivity index (χ1v) is 6.58. The third-order valence-electron chi connectivity index (χ3n) is 3.73. The molecule has 20 heavy (non-hydrogen) atoms. The van der Waals surface area contributed by atoms with Gasteiger partial charge in [-0.3, -0.25) is 0 Å². The van der Waals surface area contributed by atoms with E-state index >= 15 is 0 Å². The molecule has 0 amide bonds. The summed E-state index contributed by atoms with van der Waals surface area (Å²) in [7, 11) is 0. The zero-order valence-electron chi connectivity index (χ0n) is 10.7. The van der Waals surface area contributed by atoms with Gasteiger partial charge in [-0.15, -0.1) is 0 Å². The summed E-state index contributed by atoms with van der Waals surface area (Å²) in [5.74, 6) is -0.210. The van der Waals surface area contributed by atoms with Gasteiger partial charge in [-0.2, -0.15) is 0 Å². The van der Waals surface area contributed by atoms with Crippen LogP contribution in [0.4, 0.5) is 4.39 Å². The van der Waals surface area contributed by atoms with Gasteiger partial charge in [0, 0.05) is 22.7 Å². The number of nitrogens with one attached hydrogen (secondary N) is 1. The molecule has 1 nitrogen and oxygen atoms in total. The molecule has 4 aromatic rings. The summed E-state index contributed by atoms with van der Waals surface area (Å²) in [5, 5.41) is 3.61. The van der Waals surface area contributed by atoms with Crippen LogP contribution in [0.3, 0.4) is 0 Å². The zero-order chi connectivity index (χ0) is 13.5. The first kappa shape index (κ1) is 11.2. The fraction of sp³-hybridized carbons (Fsp3) is 0. The van der Waals surface area contributed by atoms with Crippen molar-refractivity contribution in [2.75, 3.05) is 0 Å². The van der Waals surface area contributed by atoms with Crippen molar-refractivity contribution in [2.24, 2.45) is 0 Å². The molecule has 1 aromatic heterocycles. The van der Waals surface area contributed by atoms with E-state index in [2.05, 4.69) is 29.2 Å². The van der Waals surface area contributed by atoms with E-state index in [9.17, 15) is 4.39 Å². The van der Waals surface area contributed by atoms with Crippen molar-refractivity contribution in [3.05, 3.63) is 72.7 Å². The number of rotatable bonds is 1. The highest BCUT2D eigenvalue weighted by atomic mass is 19.1. The van der Waals surface area contributed by atoms with Gasteiger partial charge in [0.25, 0.3) is 0 Å². The maximum Gasteiger partial charge on any atom is 0.123 e. The fourth-order valence-corrected chi connectivity index (χ4v) is 2.76. The smallest absolute Gasteiger partial charge is 0.123 e. The fourth-order valence-electron chi connectivity index (χ4n) is 2.76. The van der Waals surface area contributed by atoms with E-state index in [1.54, 1.807) is 0 Å². The number of H-pyrrole nitrogens is 1. The Hall–Kier alpha value is -2.61. The van der Waals surface area contributed by atoms with Gasteiger partial charge < -0.3 is 4.98 Å². The highest BCUT2D eigenvalue weighted by Gasteiger charge is 2.09. The Morgan fingerprint density at radius 2 is 1.60 bits per heavy atom. The van der Waals surface area contributed by atoms with Crippen LogP contribution < -0.4 is 0 Å². The minimum absolute atomic E-state index is 0.210. The van der Waals surface area contributed by atoms with E-state index in [1.165, 1.54) is 28.3 Å². The molecule has 0 saturated heterocycles. The van der Waals surface area contributed by atoms with E-state index in [4.69, 9.17) is 0 Å². The van der Waals surface area contributed by atoms with E-state index < -0.39 is 0 Å². The summed E-state index contributed by atoms with van der Waals surface area (Å²) in [5.41, 5.74) is 3.23. The topological polar surface area (TPSA) is 15.8 Å². The monoisotopic (exact) mass is 261 g/mol. The lowest BCUT2D eigenvalue weighted by molar-refractivity contribution is 0.628. The summed E-state index contributed by atoms with van der Waals surface area (Å²) in [6, 6.07) is 19.2. The highest BCUT2D eigenvalue weighted by Crippen LogP contribution is 2.34. The van der Waals surface area contributed by atoms with Crippen LogP contribution in [-0.2, 0) is 0 Å². The number of fused-ring (bicyclic) bond motifs is 3. The van der Waals surface area contributed by atoms with Crippen LogP contribution in [0.2, 0.25) is 0 Å². The molecule has 3 aromatic carbocycles. The van der Waals surface area contributed by atoms with Gasteiger partial charge in [0.05, 0.1) is 0 Å². The molecule has 0 unspecified atom stereocenters. The number of hydrogen-bond donors (Lipinski definition) is 1. The Kier molecular flexibility index (Phi) is 2.36. The second-order valence-electron chi connectivity index (χ2n) is 4.92. The Labute approximate surface area is 115 Å². The van der Waals surface area contributed by atoms with Crippen LogP contribution in [0.25, 0.3) is 32.8 Å². The molecule has 0 fully saturated rings. The molecule has 0 saturated carbocycles. The van der Waals surface area contributed by atoms with Crippen molar-refractivity contribution < 1.29 is 4.39 Å². The molecule has 0 aliphatic rings. The van der Waals surface area contributed by atoms with Crippen LogP contribution in [0.5, 0.6) is 0 Å². The standard InChI is InChI=1S/C18H12FN/c19-14-8-5-13(6-9-14)16-11-20-17-10-7-12-3-1-2-4-15(12)18(16)17/h1-11,20H. The number of halogens is 1. The molecule has 1 heterocycles. The molecule has 0 radical (unpaired) electrons. The predicted octanol–water partition coefficient (Wildman–Crippen LogP) is 5.13. The molecule has 2 heteroatoms. The van der Waals surface area contributed by atoms with Gasteiger partial charge in [-0.25, -0.2) is 4.39 Å². The van der Waals surface area contributed by atoms with Crippen molar-refractivity contribution in [3.8, 4) is 11.1 Å². The highest BCUT2D eigenvalue weighted by molar-refractivity contribution is 6.13. The van der Waals surface area contributed by atoms with Crippen molar-refractivity contribution in [1.29, 1.82) is 0 Å². The van der Waals surface area contributed by atoms with Crippen molar-refractivity contribution >= 4 is 21.7 Å². The quantitative estimate of drug-likeness (QED) is 0.489. The van der Waals surface area contributed by atoms with Crippen LogP contribution in [0.1, 0.15) is 0 Å². The van der Waals surface area contributed by atoms with Gasteiger partial charge in [-0.1, -0.05) is 42.5 Å². The molecule has 0 aliphatic carbocycles. The molecular formula is C18H12FN. The third kappa shape index (κ3) is 1.62. The van der Waals surface area contributed by atoms with E-state index in [1.807, 2.05) is 30.5 Å². The first-order chi connectivity index (χ1) is 9.83. The molecule has 1 N–H and O–H groups in total. The maximum absolute atomic E-state index is 13.1. The summed E-state index contributed by atoms with van der Waals surface area (Å²) < 4.78 is 13.1. The van der Waals surface area contributed by atoms with Crippen molar-refractivity contribution in [1.82, 2.24) is 4.98 Å². The Bertz CT molecular complexity index is 904. The summed E-state index contributed by atoms with van der Waals surface area (Å²) in [4.78, 5) is 3.30. The van der Waals surface area contributed by atoms with Crippen LogP contribution in [-0.4, -0.2) is 4.98 Å². The Morgan fingerprint density at radius 1 is 0.800 bits per heavy atom. The van der Waals surface area contributed by atoms with Gasteiger partial charge in [0.1, 0.15) is 5.82 Å². The third-order valence-corrected chi connectivity index (χ3v) is 3.73. The second-order valence-corrected chi connectivity index (χ2v) is 4.92. The SMILES string of the molecule is Fc1ccc(-c2c[nH]c3ccc4ccccc4c23)cc1. The Morgan fingerprint density at radius 3 is 2.45 bits per heavy atom. The minimum atomic E-state index is -0.210. The van der Waals surface area contributed by atoms with Gasteiger partial charge >= 0.3 is 0 Å². The van der Waals surface area contributed by atoms with Crippen molar-refractivity contribution in [3.63, 3.8) is 0 Å². The molecular weight excluding hydrogens is 249 g/mol. The summed E-state index contributed by atoms with van der Waals surface area (Å²) >= 11 is 0. The first-order valence-electron chi connectivity index (χ1n) is 6.58. The molecule has 0 atom stereocenters. The number of aromatic amines is 1. The number of aromatic nitrogens is 1. The molecule has 0 spiro atoms. The lowest BCUT2D eigenvalue weighted by atomic mass is 9.99.